The van der Waals surface area contributed by atoms with Gasteiger partial charge in [-0.2, -0.15) is 0 Å². The molecule has 0 N–H and O–H groups in total. The maximum absolute atomic E-state index is 13.6. The number of hydrogen-bond acceptors (Lipinski definition) is 5. The first-order valence-electron chi connectivity index (χ1n) is 10.2. The highest BCUT2D eigenvalue weighted by Crippen LogP contribution is 2.28. The van der Waals surface area contributed by atoms with E-state index >= 15 is 0 Å². The summed E-state index contributed by atoms with van der Waals surface area (Å²) in [5.74, 6) is -0.567. The SMILES string of the molecule is Cc1ccc(S(=O)(=O)Cc2c(Sc3ccccc3)c(=O)n(-c3ccccc3)n(C)c2=O)cc1. The lowest BCUT2D eigenvalue weighted by Gasteiger charge is -2.17. The minimum atomic E-state index is -3.85. The Labute approximate surface area is 196 Å². The van der Waals surface area contributed by atoms with Gasteiger partial charge in [-0.3, -0.25) is 9.59 Å². The third-order valence-electron chi connectivity index (χ3n) is 5.19. The Morgan fingerprint density at radius 1 is 0.788 bits per heavy atom. The lowest BCUT2D eigenvalue weighted by atomic mass is 10.2. The second-order valence-electron chi connectivity index (χ2n) is 7.58. The van der Waals surface area contributed by atoms with E-state index in [0.29, 0.717) is 5.69 Å². The molecule has 0 saturated heterocycles. The summed E-state index contributed by atoms with van der Waals surface area (Å²) in [5, 5.41) is 0. The predicted octanol–water partition coefficient (Wildman–Crippen LogP) is 3.97. The summed E-state index contributed by atoms with van der Waals surface area (Å²) >= 11 is 1.10. The van der Waals surface area contributed by atoms with E-state index in [9.17, 15) is 18.0 Å². The second kappa shape index (κ2) is 9.25. The fraction of sp³-hybridized carbons (Fsp3) is 0.120. The largest absolute Gasteiger partial charge is 0.284 e. The van der Waals surface area contributed by atoms with Crippen molar-refractivity contribution in [3.63, 3.8) is 0 Å². The molecule has 0 radical (unpaired) electrons. The monoisotopic (exact) mass is 478 g/mol. The molecular formula is C25H22N2O4S2. The summed E-state index contributed by atoms with van der Waals surface area (Å²) < 4.78 is 28.8. The molecule has 0 atom stereocenters. The van der Waals surface area contributed by atoms with E-state index in [4.69, 9.17) is 0 Å². The van der Waals surface area contributed by atoms with Crippen molar-refractivity contribution in [3.05, 3.63) is 117 Å². The van der Waals surface area contributed by atoms with Crippen molar-refractivity contribution in [2.75, 3.05) is 0 Å². The molecule has 0 fully saturated rings. The number of sulfone groups is 1. The Morgan fingerprint density at radius 3 is 1.97 bits per heavy atom. The van der Waals surface area contributed by atoms with Crippen LogP contribution in [0.1, 0.15) is 11.1 Å². The quantitative estimate of drug-likeness (QED) is 0.419. The molecule has 0 spiro atoms. The standard InChI is InChI=1S/C25H22N2O4S2/c1-18-13-15-21(16-14-18)33(30,31)17-22-23(32-20-11-7-4-8-12-20)25(29)27(26(2)24(22)28)19-9-5-3-6-10-19/h3-16H,17H2,1-2H3. The van der Waals surface area contributed by atoms with E-state index in [1.807, 2.05) is 43.3 Å². The number of aryl methyl sites for hydroxylation is 1. The van der Waals surface area contributed by atoms with Crippen LogP contribution in [0.2, 0.25) is 0 Å². The summed E-state index contributed by atoms with van der Waals surface area (Å²) in [6.07, 6.45) is 0. The molecule has 168 valence electrons. The van der Waals surface area contributed by atoms with Gasteiger partial charge in [-0.15, -0.1) is 0 Å². The molecular weight excluding hydrogens is 456 g/mol. The van der Waals surface area contributed by atoms with Crippen molar-refractivity contribution in [1.29, 1.82) is 0 Å². The summed E-state index contributed by atoms with van der Waals surface area (Å²) in [5.41, 5.74) is 0.420. The average molecular weight is 479 g/mol. The van der Waals surface area contributed by atoms with Crippen LogP contribution in [-0.4, -0.2) is 17.8 Å². The maximum Gasteiger partial charge on any atom is 0.284 e. The Balaban J connectivity index is 1.93. The lowest BCUT2D eigenvalue weighted by Crippen LogP contribution is -2.39. The van der Waals surface area contributed by atoms with E-state index in [-0.39, 0.29) is 15.4 Å². The molecule has 0 bridgehead atoms. The summed E-state index contributed by atoms with van der Waals surface area (Å²) in [6, 6.07) is 24.4. The molecule has 6 nitrogen and oxygen atoms in total. The first-order chi connectivity index (χ1) is 15.8. The average Bonchev–Trinajstić information content (AvgIpc) is 2.81. The van der Waals surface area contributed by atoms with Crippen molar-refractivity contribution in [2.45, 2.75) is 27.4 Å². The van der Waals surface area contributed by atoms with Gasteiger partial charge in [0.2, 0.25) is 0 Å². The third-order valence-corrected chi connectivity index (χ3v) is 7.98. The first kappa shape index (κ1) is 22.8. The minimum Gasteiger partial charge on any atom is -0.267 e. The van der Waals surface area contributed by atoms with Gasteiger partial charge < -0.3 is 0 Å². The molecule has 3 aromatic carbocycles. The maximum atomic E-state index is 13.6. The molecule has 0 amide bonds. The zero-order chi connectivity index (χ0) is 23.6. The van der Waals surface area contributed by atoms with Crippen LogP contribution in [0.25, 0.3) is 5.69 Å². The Kier molecular flexibility index (Phi) is 6.40. The van der Waals surface area contributed by atoms with Gasteiger partial charge in [-0.05, 0) is 43.3 Å². The fourth-order valence-corrected chi connectivity index (χ4v) is 5.90. The van der Waals surface area contributed by atoms with Gasteiger partial charge in [0.1, 0.15) is 0 Å². The van der Waals surface area contributed by atoms with Crippen molar-refractivity contribution in [1.82, 2.24) is 9.36 Å². The van der Waals surface area contributed by atoms with Gasteiger partial charge in [0.25, 0.3) is 11.1 Å². The van der Waals surface area contributed by atoms with E-state index in [0.717, 1.165) is 22.2 Å². The molecule has 4 rings (SSSR count). The van der Waals surface area contributed by atoms with Gasteiger partial charge >= 0.3 is 0 Å². The number of rotatable bonds is 6. The number of aromatic nitrogens is 2. The Hall–Kier alpha value is -3.36. The van der Waals surface area contributed by atoms with Gasteiger partial charge in [0.05, 0.1) is 26.8 Å². The first-order valence-corrected chi connectivity index (χ1v) is 12.7. The van der Waals surface area contributed by atoms with Crippen LogP contribution in [-0.2, 0) is 22.6 Å². The van der Waals surface area contributed by atoms with Crippen LogP contribution in [0.15, 0.2) is 109 Å². The second-order valence-corrected chi connectivity index (χ2v) is 10.6. The highest BCUT2D eigenvalue weighted by atomic mass is 32.2. The van der Waals surface area contributed by atoms with Crippen molar-refractivity contribution >= 4 is 21.6 Å². The summed E-state index contributed by atoms with van der Waals surface area (Å²) in [7, 11) is -2.39. The van der Waals surface area contributed by atoms with E-state index in [1.54, 1.807) is 36.4 Å². The smallest absolute Gasteiger partial charge is 0.267 e. The molecule has 0 aliphatic carbocycles. The third kappa shape index (κ3) is 4.72. The van der Waals surface area contributed by atoms with Crippen LogP contribution in [0.3, 0.4) is 0 Å². The van der Waals surface area contributed by atoms with E-state index in [1.165, 1.54) is 28.5 Å². The van der Waals surface area contributed by atoms with Gasteiger partial charge in [-0.25, -0.2) is 17.8 Å². The van der Waals surface area contributed by atoms with Gasteiger partial charge in [0.15, 0.2) is 9.84 Å². The number of hydrogen-bond donors (Lipinski definition) is 0. The van der Waals surface area contributed by atoms with Crippen LogP contribution in [0.4, 0.5) is 0 Å². The molecule has 0 saturated carbocycles. The van der Waals surface area contributed by atoms with E-state index in [2.05, 4.69) is 0 Å². The Bertz CT molecular complexity index is 1510. The number of benzene rings is 3. The molecule has 8 heteroatoms. The normalized spacial score (nSPS) is 11.5. The Morgan fingerprint density at radius 2 is 1.36 bits per heavy atom. The molecule has 0 aliphatic rings. The molecule has 1 aromatic heterocycles. The van der Waals surface area contributed by atoms with Crippen LogP contribution in [0.5, 0.6) is 0 Å². The van der Waals surface area contributed by atoms with Crippen molar-refractivity contribution in [3.8, 4) is 5.69 Å². The molecule has 33 heavy (non-hydrogen) atoms. The minimum absolute atomic E-state index is 0.0379. The molecule has 4 aromatic rings. The topological polar surface area (TPSA) is 78.1 Å². The van der Waals surface area contributed by atoms with Gasteiger partial charge in [-0.1, -0.05) is 65.9 Å². The lowest BCUT2D eigenvalue weighted by molar-refractivity contribution is 0.568. The van der Waals surface area contributed by atoms with Crippen molar-refractivity contribution in [2.24, 2.45) is 7.05 Å². The zero-order valence-electron chi connectivity index (χ0n) is 18.1. The van der Waals surface area contributed by atoms with Crippen LogP contribution >= 0.6 is 11.8 Å². The van der Waals surface area contributed by atoms with Crippen LogP contribution in [0, 0.1) is 6.92 Å². The molecule has 0 aliphatic heterocycles. The highest BCUT2D eigenvalue weighted by molar-refractivity contribution is 7.99. The van der Waals surface area contributed by atoms with E-state index < -0.39 is 26.7 Å². The fourth-order valence-electron chi connectivity index (χ4n) is 3.46. The molecule has 1 heterocycles. The van der Waals surface area contributed by atoms with Gasteiger partial charge in [0, 0.05) is 11.9 Å². The number of para-hydroxylation sites is 1. The zero-order valence-corrected chi connectivity index (χ0v) is 19.8. The van der Waals surface area contributed by atoms with Crippen LogP contribution < -0.4 is 11.1 Å². The summed E-state index contributed by atoms with van der Waals surface area (Å²) in [4.78, 5) is 28.0. The molecule has 0 unspecified atom stereocenters. The summed E-state index contributed by atoms with van der Waals surface area (Å²) in [6.45, 7) is 1.87. The highest BCUT2D eigenvalue weighted by Gasteiger charge is 2.25. The predicted molar refractivity (Wildman–Crippen MR) is 130 cm³/mol. The number of nitrogens with zero attached hydrogens (tertiary/aromatic N) is 2. The van der Waals surface area contributed by atoms with Crippen molar-refractivity contribution < 1.29 is 8.42 Å².